The van der Waals surface area contributed by atoms with Crippen molar-refractivity contribution in [2.45, 2.75) is 24.9 Å². The second-order valence-electron chi connectivity index (χ2n) is 6.60. The number of thiazole rings is 1. The molecule has 1 fully saturated rings. The minimum absolute atomic E-state index is 0.358. The summed E-state index contributed by atoms with van der Waals surface area (Å²) < 4.78 is 13.9. The molecule has 4 aromatic heterocycles. The highest BCUT2D eigenvalue weighted by molar-refractivity contribution is 7.17. The van der Waals surface area contributed by atoms with Crippen LogP contribution in [0.5, 0.6) is 11.8 Å². The smallest absolute Gasteiger partial charge is 0.243 e. The summed E-state index contributed by atoms with van der Waals surface area (Å²) in [4.78, 5) is 10.7. The highest BCUT2D eigenvalue weighted by Crippen LogP contribution is 2.47. The Balaban J connectivity index is 1.54. The number of aliphatic hydroxyl groups is 1. The molecule has 28 heavy (non-hydrogen) atoms. The number of hydrogen-bond donors (Lipinski definition) is 1. The Bertz CT molecular complexity index is 1150. The van der Waals surface area contributed by atoms with E-state index in [1.807, 2.05) is 10.6 Å². The van der Waals surface area contributed by atoms with Gasteiger partial charge in [0.15, 0.2) is 0 Å². The third kappa shape index (κ3) is 2.72. The van der Waals surface area contributed by atoms with Crippen molar-refractivity contribution in [1.29, 1.82) is 0 Å². The summed E-state index contributed by atoms with van der Waals surface area (Å²) in [6, 6.07) is 3.50. The largest absolute Gasteiger partial charge is 0.481 e. The molecule has 5 rings (SSSR count). The molecule has 4 aromatic rings. The summed E-state index contributed by atoms with van der Waals surface area (Å²) in [7, 11) is 3.07. The van der Waals surface area contributed by atoms with Gasteiger partial charge in [-0.3, -0.25) is 4.40 Å². The number of imidazole rings is 1. The van der Waals surface area contributed by atoms with E-state index < -0.39 is 6.10 Å². The SMILES string of the molecule is COc1ccc(-n2cc(C(O)c3c(C4CC4)sc4cncn34)nn2)c(OC)n1. The highest BCUT2D eigenvalue weighted by atomic mass is 32.1. The average molecular weight is 398 g/mol. The fraction of sp³-hybridized carbons (Fsp3) is 0.333. The molecule has 1 aliphatic rings. The monoisotopic (exact) mass is 398 g/mol. The van der Waals surface area contributed by atoms with Crippen LogP contribution in [0.4, 0.5) is 0 Å². The van der Waals surface area contributed by atoms with Crippen molar-refractivity contribution in [2.75, 3.05) is 14.2 Å². The Kier molecular flexibility index (Phi) is 4.02. The van der Waals surface area contributed by atoms with E-state index in [1.54, 1.807) is 43.1 Å². The first-order valence-corrected chi connectivity index (χ1v) is 9.65. The van der Waals surface area contributed by atoms with Crippen molar-refractivity contribution in [3.05, 3.63) is 47.1 Å². The molecule has 0 spiro atoms. The normalized spacial score (nSPS) is 15.1. The van der Waals surface area contributed by atoms with Crippen LogP contribution in [0.25, 0.3) is 10.5 Å². The van der Waals surface area contributed by atoms with Gasteiger partial charge in [0.25, 0.3) is 0 Å². The summed E-state index contributed by atoms with van der Waals surface area (Å²) in [5, 5.41) is 19.5. The fourth-order valence-electron chi connectivity index (χ4n) is 3.24. The van der Waals surface area contributed by atoms with Crippen molar-refractivity contribution < 1.29 is 14.6 Å². The van der Waals surface area contributed by atoms with E-state index >= 15 is 0 Å². The Morgan fingerprint density at radius 1 is 1.25 bits per heavy atom. The molecule has 0 saturated heterocycles. The molecule has 1 aliphatic carbocycles. The Hall–Kier alpha value is -2.98. The molecule has 4 heterocycles. The summed E-state index contributed by atoms with van der Waals surface area (Å²) in [6.45, 7) is 0. The van der Waals surface area contributed by atoms with Gasteiger partial charge in [0.2, 0.25) is 11.8 Å². The van der Waals surface area contributed by atoms with Crippen molar-refractivity contribution in [1.82, 2.24) is 29.4 Å². The summed E-state index contributed by atoms with van der Waals surface area (Å²) in [5.41, 5.74) is 1.88. The van der Waals surface area contributed by atoms with E-state index in [0.29, 0.717) is 29.1 Å². The van der Waals surface area contributed by atoms with Gasteiger partial charge in [0, 0.05) is 10.9 Å². The van der Waals surface area contributed by atoms with Gasteiger partial charge in [-0.1, -0.05) is 5.21 Å². The van der Waals surface area contributed by atoms with Gasteiger partial charge >= 0.3 is 0 Å². The van der Waals surface area contributed by atoms with Crippen molar-refractivity contribution in [3.63, 3.8) is 0 Å². The van der Waals surface area contributed by atoms with Crippen LogP contribution in [-0.2, 0) is 0 Å². The molecule has 1 atom stereocenters. The second-order valence-corrected chi connectivity index (χ2v) is 7.66. The summed E-state index contributed by atoms with van der Waals surface area (Å²) >= 11 is 1.68. The van der Waals surface area contributed by atoms with E-state index in [1.165, 1.54) is 16.7 Å². The number of rotatable bonds is 6. The highest BCUT2D eigenvalue weighted by Gasteiger charge is 2.33. The molecule has 0 aromatic carbocycles. The van der Waals surface area contributed by atoms with Gasteiger partial charge in [-0.25, -0.2) is 9.67 Å². The van der Waals surface area contributed by atoms with Crippen LogP contribution < -0.4 is 9.47 Å². The van der Waals surface area contributed by atoms with Crippen LogP contribution in [0.3, 0.4) is 0 Å². The molecule has 0 bridgehead atoms. The molecule has 0 amide bonds. The van der Waals surface area contributed by atoms with Gasteiger partial charge < -0.3 is 14.6 Å². The predicted molar refractivity (Wildman–Crippen MR) is 101 cm³/mol. The first-order valence-electron chi connectivity index (χ1n) is 8.84. The summed E-state index contributed by atoms with van der Waals surface area (Å²) in [6.07, 6.45) is 6.64. The zero-order chi connectivity index (χ0) is 19.3. The van der Waals surface area contributed by atoms with Gasteiger partial charge in [0.05, 0.1) is 32.3 Å². The van der Waals surface area contributed by atoms with Crippen molar-refractivity contribution in [3.8, 4) is 17.4 Å². The van der Waals surface area contributed by atoms with E-state index in [2.05, 4.69) is 20.3 Å². The Morgan fingerprint density at radius 2 is 2.11 bits per heavy atom. The predicted octanol–water partition coefficient (Wildman–Crippen LogP) is 2.35. The number of pyridine rings is 1. The average Bonchev–Trinajstić information content (AvgIpc) is 3.13. The van der Waals surface area contributed by atoms with Crippen LogP contribution in [-0.4, -0.2) is 48.7 Å². The van der Waals surface area contributed by atoms with Gasteiger partial charge in [-0.15, -0.1) is 16.4 Å². The van der Waals surface area contributed by atoms with Gasteiger partial charge in [-0.05, 0) is 24.8 Å². The number of aliphatic hydroxyl groups excluding tert-OH is 1. The van der Waals surface area contributed by atoms with E-state index in [0.717, 1.165) is 23.4 Å². The minimum Gasteiger partial charge on any atom is -0.481 e. The molecule has 0 radical (unpaired) electrons. The number of hydrogen-bond acceptors (Lipinski definition) is 8. The fourth-order valence-corrected chi connectivity index (χ4v) is 4.54. The lowest BCUT2D eigenvalue weighted by Gasteiger charge is -2.10. The van der Waals surface area contributed by atoms with Gasteiger partial charge in [-0.2, -0.15) is 4.98 Å². The number of fused-ring (bicyclic) bond motifs is 1. The second kappa shape index (κ2) is 6.57. The maximum atomic E-state index is 11.1. The molecule has 1 N–H and O–H groups in total. The van der Waals surface area contributed by atoms with E-state index in [-0.39, 0.29) is 0 Å². The zero-order valence-corrected chi connectivity index (χ0v) is 16.1. The first-order chi connectivity index (χ1) is 13.7. The minimum atomic E-state index is -0.899. The molecular weight excluding hydrogens is 380 g/mol. The van der Waals surface area contributed by atoms with Gasteiger partial charge in [0.1, 0.15) is 28.6 Å². The van der Waals surface area contributed by atoms with Crippen LogP contribution in [0.2, 0.25) is 0 Å². The van der Waals surface area contributed by atoms with E-state index in [4.69, 9.17) is 9.47 Å². The quantitative estimate of drug-likeness (QED) is 0.532. The number of aromatic nitrogens is 6. The lowest BCUT2D eigenvalue weighted by molar-refractivity contribution is 0.208. The first kappa shape index (κ1) is 17.1. The van der Waals surface area contributed by atoms with Crippen molar-refractivity contribution in [2.24, 2.45) is 0 Å². The Labute approximate surface area is 164 Å². The molecule has 9 nitrogen and oxygen atoms in total. The van der Waals surface area contributed by atoms with Crippen LogP contribution in [0, 0.1) is 0 Å². The molecule has 1 unspecified atom stereocenters. The van der Waals surface area contributed by atoms with Crippen molar-refractivity contribution >= 4 is 16.2 Å². The molecule has 1 saturated carbocycles. The maximum Gasteiger partial charge on any atom is 0.243 e. The zero-order valence-electron chi connectivity index (χ0n) is 15.3. The molecule has 10 heteroatoms. The third-order valence-corrected chi connectivity index (χ3v) is 6.07. The summed E-state index contributed by atoms with van der Waals surface area (Å²) in [5.74, 6) is 1.31. The number of methoxy groups -OCH3 is 2. The van der Waals surface area contributed by atoms with Crippen LogP contribution in [0.1, 0.15) is 41.1 Å². The molecule has 0 aliphatic heterocycles. The third-order valence-electron chi connectivity index (χ3n) is 4.79. The lowest BCUT2D eigenvalue weighted by Crippen LogP contribution is -2.06. The van der Waals surface area contributed by atoms with Crippen LogP contribution >= 0.6 is 11.3 Å². The topological polar surface area (TPSA) is 99.6 Å². The molecule has 144 valence electrons. The van der Waals surface area contributed by atoms with Crippen LogP contribution in [0.15, 0.2) is 30.9 Å². The lowest BCUT2D eigenvalue weighted by atomic mass is 10.1. The number of ether oxygens (including phenoxy) is 2. The molecular formula is C18H18N6O3S. The standard InChI is InChI=1S/C18H18N6O3S/c1-26-13-6-5-12(18(20-13)27-2)24-8-11(21-22-24)16(25)15-17(10-3-4-10)28-14-7-19-9-23(14)15/h5-10,16,25H,3-4H2,1-2H3. The Morgan fingerprint density at radius 3 is 2.86 bits per heavy atom. The number of nitrogens with zero attached hydrogens (tertiary/aromatic N) is 6. The maximum absolute atomic E-state index is 11.1. The van der Waals surface area contributed by atoms with E-state index in [9.17, 15) is 5.11 Å².